The minimum absolute atomic E-state index is 0.214. The SMILES string of the molecule is CC(Cn1ccnc1)Nc1nc(N)nc2sccc12. The monoisotopic (exact) mass is 274 g/mol. The average Bonchev–Trinajstić information content (AvgIpc) is 2.99. The number of hydrogen-bond acceptors (Lipinski definition) is 6. The molecular weight excluding hydrogens is 260 g/mol. The van der Waals surface area contributed by atoms with E-state index in [1.807, 2.05) is 22.2 Å². The molecule has 0 aliphatic rings. The fourth-order valence-corrected chi connectivity index (χ4v) is 2.74. The van der Waals surface area contributed by atoms with Crippen LogP contribution in [0.5, 0.6) is 0 Å². The fourth-order valence-electron chi connectivity index (χ4n) is 1.97. The van der Waals surface area contributed by atoms with Crippen LogP contribution in [0.3, 0.4) is 0 Å². The van der Waals surface area contributed by atoms with Crippen LogP contribution in [-0.2, 0) is 6.54 Å². The number of rotatable bonds is 4. The van der Waals surface area contributed by atoms with Gasteiger partial charge in [0.25, 0.3) is 0 Å². The summed E-state index contributed by atoms with van der Waals surface area (Å²) in [6, 6.07) is 2.22. The first-order valence-electron chi connectivity index (χ1n) is 5.95. The van der Waals surface area contributed by atoms with Crippen molar-refractivity contribution in [3.05, 3.63) is 30.2 Å². The predicted octanol–water partition coefficient (Wildman–Crippen LogP) is 1.97. The van der Waals surface area contributed by atoms with Crippen molar-refractivity contribution in [1.82, 2.24) is 19.5 Å². The minimum Gasteiger partial charge on any atom is -0.368 e. The number of hydrogen-bond donors (Lipinski definition) is 2. The molecular formula is C12H14N6S. The highest BCUT2D eigenvalue weighted by molar-refractivity contribution is 7.16. The Labute approximate surface area is 114 Å². The third kappa shape index (κ3) is 2.50. The lowest BCUT2D eigenvalue weighted by molar-refractivity contribution is 0.617. The molecule has 0 bridgehead atoms. The van der Waals surface area contributed by atoms with Crippen molar-refractivity contribution in [3.8, 4) is 0 Å². The summed E-state index contributed by atoms with van der Waals surface area (Å²) < 4.78 is 2.02. The van der Waals surface area contributed by atoms with Crippen LogP contribution in [-0.4, -0.2) is 25.6 Å². The summed E-state index contributed by atoms with van der Waals surface area (Å²) in [7, 11) is 0. The van der Waals surface area contributed by atoms with E-state index in [0.29, 0.717) is 5.95 Å². The number of fused-ring (bicyclic) bond motifs is 1. The summed E-state index contributed by atoms with van der Waals surface area (Å²) in [6.07, 6.45) is 5.51. The Balaban J connectivity index is 1.82. The number of aromatic nitrogens is 4. The van der Waals surface area contributed by atoms with E-state index in [2.05, 4.69) is 27.2 Å². The van der Waals surface area contributed by atoms with Gasteiger partial charge in [0.2, 0.25) is 5.95 Å². The van der Waals surface area contributed by atoms with Gasteiger partial charge in [-0.2, -0.15) is 4.98 Å². The molecule has 0 aliphatic carbocycles. The molecule has 3 N–H and O–H groups in total. The van der Waals surface area contributed by atoms with Crippen molar-refractivity contribution in [2.24, 2.45) is 0 Å². The van der Waals surface area contributed by atoms with Gasteiger partial charge in [-0.25, -0.2) is 9.97 Å². The molecule has 3 heterocycles. The fraction of sp³-hybridized carbons (Fsp3) is 0.250. The highest BCUT2D eigenvalue weighted by Gasteiger charge is 2.10. The zero-order chi connectivity index (χ0) is 13.2. The van der Waals surface area contributed by atoms with E-state index in [9.17, 15) is 0 Å². The molecule has 0 radical (unpaired) electrons. The Morgan fingerprint density at radius 1 is 1.47 bits per heavy atom. The van der Waals surface area contributed by atoms with Gasteiger partial charge in [-0.1, -0.05) is 0 Å². The minimum atomic E-state index is 0.214. The van der Waals surface area contributed by atoms with Crippen LogP contribution in [0.2, 0.25) is 0 Å². The standard InChI is InChI=1S/C12H14N6S/c1-8(6-18-4-3-14-7-18)15-10-9-2-5-19-11(9)17-12(13)16-10/h2-5,7-8H,6H2,1H3,(H3,13,15,16,17). The summed E-state index contributed by atoms with van der Waals surface area (Å²) in [4.78, 5) is 13.4. The Kier molecular flexibility index (Phi) is 3.04. The van der Waals surface area contributed by atoms with Crippen LogP contribution in [0.1, 0.15) is 6.92 Å². The summed E-state index contributed by atoms with van der Waals surface area (Å²) in [5.74, 6) is 1.09. The van der Waals surface area contributed by atoms with Crippen molar-refractivity contribution >= 4 is 33.3 Å². The smallest absolute Gasteiger partial charge is 0.223 e. The maximum atomic E-state index is 5.72. The van der Waals surface area contributed by atoms with E-state index in [0.717, 1.165) is 22.6 Å². The van der Waals surface area contributed by atoms with Gasteiger partial charge in [0.1, 0.15) is 10.6 Å². The first-order valence-corrected chi connectivity index (χ1v) is 6.83. The first kappa shape index (κ1) is 11.9. The molecule has 0 aliphatic heterocycles. The Morgan fingerprint density at radius 3 is 3.16 bits per heavy atom. The zero-order valence-electron chi connectivity index (χ0n) is 10.4. The third-order valence-electron chi connectivity index (χ3n) is 2.77. The number of imidazole rings is 1. The van der Waals surface area contributed by atoms with Gasteiger partial charge in [0.05, 0.1) is 11.7 Å². The van der Waals surface area contributed by atoms with Gasteiger partial charge in [-0.05, 0) is 18.4 Å². The molecule has 3 aromatic heterocycles. The van der Waals surface area contributed by atoms with E-state index >= 15 is 0 Å². The van der Waals surface area contributed by atoms with Crippen molar-refractivity contribution in [1.29, 1.82) is 0 Å². The summed E-state index contributed by atoms with van der Waals surface area (Å²) in [6.45, 7) is 2.91. The van der Waals surface area contributed by atoms with Crippen LogP contribution in [0, 0.1) is 0 Å². The van der Waals surface area contributed by atoms with Gasteiger partial charge in [-0.15, -0.1) is 11.3 Å². The van der Waals surface area contributed by atoms with Gasteiger partial charge in [0.15, 0.2) is 0 Å². The lowest BCUT2D eigenvalue weighted by atomic mass is 10.3. The number of nitrogens with zero attached hydrogens (tertiary/aromatic N) is 4. The Morgan fingerprint density at radius 2 is 2.37 bits per heavy atom. The molecule has 0 saturated carbocycles. The topological polar surface area (TPSA) is 81.7 Å². The summed E-state index contributed by atoms with van der Waals surface area (Å²) in [5.41, 5.74) is 5.72. The maximum Gasteiger partial charge on any atom is 0.223 e. The number of nitrogens with one attached hydrogen (secondary N) is 1. The molecule has 0 saturated heterocycles. The molecule has 6 nitrogen and oxygen atoms in total. The van der Waals surface area contributed by atoms with E-state index in [4.69, 9.17) is 5.73 Å². The van der Waals surface area contributed by atoms with Crippen LogP contribution in [0.25, 0.3) is 10.2 Å². The highest BCUT2D eigenvalue weighted by Crippen LogP contribution is 2.26. The maximum absolute atomic E-state index is 5.72. The zero-order valence-corrected chi connectivity index (χ0v) is 11.3. The lowest BCUT2D eigenvalue weighted by Crippen LogP contribution is -2.22. The van der Waals surface area contributed by atoms with E-state index in [-0.39, 0.29) is 6.04 Å². The molecule has 3 aromatic rings. The third-order valence-corrected chi connectivity index (χ3v) is 3.58. The van der Waals surface area contributed by atoms with Crippen molar-refractivity contribution in [3.63, 3.8) is 0 Å². The molecule has 0 aromatic carbocycles. The quantitative estimate of drug-likeness (QED) is 0.760. The van der Waals surface area contributed by atoms with Crippen LogP contribution >= 0.6 is 11.3 Å². The Hall–Kier alpha value is -2.15. The van der Waals surface area contributed by atoms with Gasteiger partial charge in [-0.3, -0.25) is 0 Å². The molecule has 1 atom stereocenters. The van der Waals surface area contributed by atoms with Crippen LogP contribution < -0.4 is 11.1 Å². The van der Waals surface area contributed by atoms with E-state index < -0.39 is 0 Å². The highest BCUT2D eigenvalue weighted by atomic mass is 32.1. The van der Waals surface area contributed by atoms with E-state index in [1.165, 1.54) is 0 Å². The molecule has 0 fully saturated rings. The second kappa shape index (κ2) is 4.85. The van der Waals surface area contributed by atoms with Gasteiger partial charge >= 0.3 is 0 Å². The lowest BCUT2D eigenvalue weighted by Gasteiger charge is -2.15. The molecule has 7 heteroatoms. The number of nitrogens with two attached hydrogens (primary N) is 1. The number of thiophene rings is 1. The summed E-state index contributed by atoms with van der Waals surface area (Å²) in [5, 5.41) is 6.38. The average molecular weight is 274 g/mol. The second-order valence-corrected chi connectivity index (χ2v) is 5.27. The summed E-state index contributed by atoms with van der Waals surface area (Å²) >= 11 is 1.56. The molecule has 19 heavy (non-hydrogen) atoms. The van der Waals surface area contributed by atoms with Crippen LogP contribution in [0.15, 0.2) is 30.2 Å². The van der Waals surface area contributed by atoms with Gasteiger partial charge in [0, 0.05) is 25.0 Å². The first-order chi connectivity index (χ1) is 9.22. The van der Waals surface area contributed by atoms with Crippen molar-refractivity contribution in [2.75, 3.05) is 11.1 Å². The molecule has 0 spiro atoms. The number of nitrogen functional groups attached to an aromatic ring is 1. The Bertz CT molecular complexity index is 675. The van der Waals surface area contributed by atoms with Crippen LogP contribution in [0.4, 0.5) is 11.8 Å². The van der Waals surface area contributed by atoms with Crippen molar-refractivity contribution < 1.29 is 0 Å². The number of anilines is 2. The molecule has 3 rings (SSSR count). The molecule has 98 valence electrons. The second-order valence-electron chi connectivity index (χ2n) is 4.37. The molecule has 1 unspecified atom stereocenters. The predicted molar refractivity (Wildman–Crippen MR) is 77.1 cm³/mol. The van der Waals surface area contributed by atoms with Crippen molar-refractivity contribution in [2.45, 2.75) is 19.5 Å². The van der Waals surface area contributed by atoms with Gasteiger partial charge < -0.3 is 15.6 Å². The molecule has 0 amide bonds. The normalized spacial score (nSPS) is 12.7. The van der Waals surface area contributed by atoms with E-state index in [1.54, 1.807) is 23.9 Å². The largest absolute Gasteiger partial charge is 0.368 e.